The van der Waals surface area contributed by atoms with Crippen molar-refractivity contribution in [3.05, 3.63) is 20.3 Å². The fourth-order valence-electron chi connectivity index (χ4n) is 2.04. The summed E-state index contributed by atoms with van der Waals surface area (Å²) >= 11 is 5.37. The Kier molecular flexibility index (Phi) is 3.01. The molecule has 1 aromatic rings. The van der Waals surface area contributed by atoms with Gasteiger partial charge in [0.1, 0.15) is 0 Å². The van der Waals surface area contributed by atoms with Crippen LogP contribution >= 0.6 is 27.3 Å². The van der Waals surface area contributed by atoms with E-state index in [1.54, 1.807) is 0 Å². The first kappa shape index (κ1) is 10.7. The lowest BCUT2D eigenvalue weighted by atomic mass is 10.1. The Morgan fingerprint density at radius 1 is 1.71 bits per heavy atom. The summed E-state index contributed by atoms with van der Waals surface area (Å²) in [5.74, 6) is 1.62. The van der Waals surface area contributed by atoms with Crippen molar-refractivity contribution in [3.63, 3.8) is 0 Å². The quantitative estimate of drug-likeness (QED) is 0.889. The molecule has 0 amide bonds. The van der Waals surface area contributed by atoms with Gasteiger partial charge in [-0.1, -0.05) is 13.3 Å². The molecule has 78 valence electrons. The van der Waals surface area contributed by atoms with Gasteiger partial charge in [0.2, 0.25) is 0 Å². The number of rotatable bonds is 3. The highest BCUT2D eigenvalue weighted by Gasteiger charge is 2.40. The van der Waals surface area contributed by atoms with E-state index >= 15 is 0 Å². The molecule has 1 aliphatic carbocycles. The summed E-state index contributed by atoms with van der Waals surface area (Å²) in [6.45, 7) is 4.39. The lowest BCUT2D eigenvalue weighted by Gasteiger charge is -2.07. The third-order valence-corrected chi connectivity index (χ3v) is 5.41. The molecule has 14 heavy (non-hydrogen) atoms. The van der Waals surface area contributed by atoms with Gasteiger partial charge in [0.05, 0.1) is 0 Å². The maximum absolute atomic E-state index is 6.24. The molecule has 1 fully saturated rings. The zero-order valence-corrected chi connectivity index (χ0v) is 11.0. The molecule has 1 aromatic heterocycles. The van der Waals surface area contributed by atoms with Gasteiger partial charge in [-0.15, -0.1) is 11.3 Å². The smallest absolute Gasteiger partial charge is 0.0421 e. The molecule has 3 atom stereocenters. The van der Waals surface area contributed by atoms with Crippen molar-refractivity contribution in [1.82, 2.24) is 0 Å². The fourth-order valence-corrected chi connectivity index (χ4v) is 3.68. The number of hydrogen-bond acceptors (Lipinski definition) is 2. The molecule has 3 heteroatoms. The Labute approximate surface area is 97.8 Å². The maximum Gasteiger partial charge on any atom is 0.0421 e. The van der Waals surface area contributed by atoms with Crippen LogP contribution in [-0.2, 0) is 0 Å². The second-order valence-corrected chi connectivity index (χ2v) is 6.29. The van der Waals surface area contributed by atoms with Crippen LogP contribution in [0.25, 0.3) is 0 Å². The molecule has 0 aliphatic heterocycles. The zero-order chi connectivity index (χ0) is 10.3. The van der Waals surface area contributed by atoms with E-state index in [0.29, 0.717) is 0 Å². The fraction of sp³-hybridized carbons (Fsp3) is 0.636. The molecule has 1 aliphatic rings. The molecule has 2 N–H and O–H groups in total. The highest BCUT2D eigenvalue weighted by Crippen LogP contribution is 2.49. The van der Waals surface area contributed by atoms with Gasteiger partial charge < -0.3 is 5.73 Å². The first-order chi connectivity index (χ1) is 6.63. The third-order valence-electron chi connectivity index (χ3n) is 3.17. The van der Waals surface area contributed by atoms with E-state index in [0.717, 1.165) is 11.8 Å². The van der Waals surface area contributed by atoms with Crippen LogP contribution in [0, 0.1) is 18.8 Å². The van der Waals surface area contributed by atoms with Crippen LogP contribution in [0.3, 0.4) is 0 Å². The number of halogens is 1. The molecule has 1 unspecified atom stereocenters. The van der Waals surface area contributed by atoms with Crippen molar-refractivity contribution in [2.45, 2.75) is 32.7 Å². The number of thiophene rings is 1. The minimum absolute atomic E-state index is 0.273. The van der Waals surface area contributed by atoms with Crippen molar-refractivity contribution >= 4 is 27.3 Å². The molecule has 1 heterocycles. The molecule has 0 aromatic carbocycles. The molecule has 0 spiro atoms. The number of nitrogens with two attached hydrogens (primary N) is 1. The van der Waals surface area contributed by atoms with Gasteiger partial charge in [-0.2, -0.15) is 0 Å². The van der Waals surface area contributed by atoms with Crippen molar-refractivity contribution < 1.29 is 0 Å². The molecule has 2 rings (SSSR count). The molecular weight excluding hydrogens is 258 g/mol. The van der Waals surface area contributed by atoms with E-state index in [9.17, 15) is 0 Å². The van der Waals surface area contributed by atoms with Crippen LogP contribution in [0.1, 0.15) is 35.6 Å². The molecule has 1 saturated carbocycles. The summed E-state index contributed by atoms with van der Waals surface area (Å²) < 4.78 is 1.21. The zero-order valence-electron chi connectivity index (χ0n) is 8.59. The predicted molar refractivity (Wildman–Crippen MR) is 65.6 cm³/mol. The highest BCUT2D eigenvalue weighted by molar-refractivity contribution is 9.10. The van der Waals surface area contributed by atoms with Gasteiger partial charge in [-0.05, 0) is 47.2 Å². The summed E-state index contributed by atoms with van der Waals surface area (Å²) in [7, 11) is 0. The Bertz CT molecular complexity index is 315. The van der Waals surface area contributed by atoms with Crippen molar-refractivity contribution in [1.29, 1.82) is 0 Å². The number of aryl methyl sites for hydroxylation is 1. The van der Waals surface area contributed by atoms with Gasteiger partial charge in [0.15, 0.2) is 0 Å². The Morgan fingerprint density at radius 2 is 2.43 bits per heavy atom. The summed E-state index contributed by atoms with van der Waals surface area (Å²) in [4.78, 5) is 2.68. The monoisotopic (exact) mass is 273 g/mol. The first-order valence-corrected chi connectivity index (χ1v) is 6.75. The Morgan fingerprint density at radius 3 is 2.86 bits per heavy atom. The molecule has 1 nitrogen and oxygen atoms in total. The molecule has 0 bridgehead atoms. The number of hydrogen-bond donors (Lipinski definition) is 1. The van der Waals surface area contributed by atoms with Crippen molar-refractivity contribution in [2.75, 3.05) is 0 Å². The predicted octanol–water partition coefficient (Wildman–Crippen LogP) is 3.86. The summed E-state index contributed by atoms with van der Waals surface area (Å²) in [6, 6.07) is 2.46. The van der Waals surface area contributed by atoms with Crippen molar-refractivity contribution in [3.8, 4) is 0 Å². The second-order valence-electron chi connectivity index (χ2n) is 4.15. The van der Waals surface area contributed by atoms with Gasteiger partial charge in [0, 0.05) is 20.3 Å². The lowest BCUT2D eigenvalue weighted by Crippen LogP contribution is -2.11. The minimum Gasteiger partial charge on any atom is -0.323 e. The SMILES string of the molecule is CC[C@@H]1C[C@H]1C(N)c1cc(Br)c(C)s1. The van der Waals surface area contributed by atoms with Crippen LogP contribution in [0.15, 0.2) is 10.5 Å². The molecule has 0 radical (unpaired) electrons. The van der Waals surface area contributed by atoms with Crippen molar-refractivity contribution in [2.24, 2.45) is 17.6 Å². The highest BCUT2D eigenvalue weighted by atomic mass is 79.9. The average molecular weight is 274 g/mol. The van der Waals surface area contributed by atoms with Crippen LogP contribution in [0.4, 0.5) is 0 Å². The Hall–Kier alpha value is 0.140. The largest absolute Gasteiger partial charge is 0.323 e. The van der Waals surface area contributed by atoms with Gasteiger partial charge in [0.25, 0.3) is 0 Å². The van der Waals surface area contributed by atoms with E-state index in [-0.39, 0.29) is 6.04 Å². The van der Waals surface area contributed by atoms with Crippen LogP contribution in [0.2, 0.25) is 0 Å². The van der Waals surface area contributed by atoms with Crippen LogP contribution in [-0.4, -0.2) is 0 Å². The van der Waals surface area contributed by atoms with E-state index in [4.69, 9.17) is 5.73 Å². The van der Waals surface area contributed by atoms with Crippen LogP contribution < -0.4 is 5.73 Å². The van der Waals surface area contributed by atoms with E-state index in [2.05, 4.69) is 35.8 Å². The minimum atomic E-state index is 0.273. The first-order valence-electron chi connectivity index (χ1n) is 5.15. The van der Waals surface area contributed by atoms with E-state index in [1.807, 2.05) is 11.3 Å². The summed E-state index contributed by atoms with van der Waals surface area (Å²) in [5, 5.41) is 0. The average Bonchev–Trinajstić information content (AvgIpc) is 2.87. The molecular formula is C11H16BrNS. The second kappa shape index (κ2) is 3.95. The Balaban J connectivity index is 2.08. The van der Waals surface area contributed by atoms with E-state index in [1.165, 1.54) is 27.1 Å². The van der Waals surface area contributed by atoms with E-state index < -0.39 is 0 Å². The lowest BCUT2D eigenvalue weighted by molar-refractivity contribution is 0.574. The maximum atomic E-state index is 6.24. The summed E-state index contributed by atoms with van der Waals surface area (Å²) in [5.41, 5.74) is 6.24. The van der Waals surface area contributed by atoms with Gasteiger partial charge in [-0.25, -0.2) is 0 Å². The standard InChI is InChI=1S/C11H16BrNS/c1-3-7-4-8(7)11(13)10-5-9(12)6(2)14-10/h5,7-8,11H,3-4,13H2,1-2H3/t7-,8-,11?/m1/s1. The summed E-state index contributed by atoms with van der Waals surface area (Å²) in [6.07, 6.45) is 2.61. The molecule has 0 saturated heterocycles. The van der Waals surface area contributed by atoms with Crippen LogP contribution in [0.5, 0.6) is 0 Å². The normalized spacial score (nSPS) is 27.7. The van der Waals surface area contributed by atoms with Gasteiger partial charge in [-0.3, -0.25) is 0 Å². The van der Waals surface area contributed by atoms with Gasteiger partial charge >= 0.3 is 0 Å². The topological polar surface area (TPSA) is 26.0 Å². The third kappa shape index (κ3) is 1.90.